The molecule has 1 unspecified atom stereocenters. The number of aliphatic hydroxyl groups excluding tert-OH is 3. The Morgan fingerprint density at radius 3 is 1.92 bits per heavy atom. The maximum absolute atomic E-state index is 11.2. The largest absolute Gasteiger partial charge is 0.508 e. The molecule has 0 saturated carbocycles. The van der Waals surface area contributed by atoms with Crippen LogP contribution in [0.25, 0.3) is 0 Å². The third-order valence-corrected chi connectivity index (χ3v) is 4.42. The van der Waals surface area contributed by atoms with Crippen molar-refractivity contribution in [2.45, 2.75) is 70.2 Å². The van der Waals surface area contributed by atoms with Crippen molar-refractivity contribution in [1.82, 2.24) is 0 Å². The van der Waals surface area contributed by atoms with E-state index >= 15 is 0 Å². The Hall–Kier alpha value is -1.87. The second-order valence-electron chi connectivity index (χ2n) is 7.12. The van der Waals surface area contributed by atoms with E-state index in [4.69, 9.17) is 14.6 Å². The van der Waals surface area contributed by atoms with E-state index in [0.717, 1.165) is 0 Å². The maximum atomic E-state index is 11.2. The van der Waals surface area contributed by atoms with Crippen LogP contribution in [0.1, 0.15) is 50.7 Å². The number of phenolic OH excluding ortho intramolecular Hbond substituents is 1. The molecule has 1 aliphatic heterocycles. The predicted octanol–water partition coefficient (Wildman–Crippen LogP) is 0.910. The van der Waals surface area contributed by atoms with Gasteiger partial charge in [-0.2, -0.15) is 0 Å². The lowest BCUT2D eigenvalue weighted by molar-refractivity contribution is -0.271. The minimum atomic E-state index is -1.78. The van der Waals surface area contributed by atoms with Gasteiger partial charge in [-0.1, -0.05) is 27.7 Å². The first-order valence-corrected chi connectivity index (χ1v) is 8.50. The van der Waals surface area contributed by atoms with Gasteiger partial charge in [0.1, 0.15) is 29.8 Å². The van der Waals surface area contributed by atoms with Gasteiger partial charge in [0.25, 0.3) is 0 Å². The number of aliphatic carboxylic acids is 1. The van der Waals surface area contributed by atoms with Crippen LogP contribution in [0.3, 0.4) is 0 Å². The summed E-state index contributed by atoms with van der Waals surface area (Å²) in [6.07, 6.45) is -8.39. The van der Waals surface area contributed by atoms with E-state index in [9.17, 15) is 25.2 Å². The quantitative estimate of drug-likeness (QED) is 0.516. The monoisotopic (exact) mass is 370 g/mol. The smallest absolute Gasteiger partial charge is 0.335 e. The van der Waals surface area contributed by atoms with Crippen LogP contribution in [0.4, 0.5) is 0 Å². The lowest BCUT2D eigenvalue weighted by atomic mass is 9.93. The van der Waals surface area contributed by atoms with Crippen molar-refractivity contribution in [3.8, 4) is 11.5 Å². The molecule has 8 nitrogen and oxygen atoms in total. The van der Waals surface area contributed by atoms with Crippen molar-refractivity contribution in [1.29, 1.82) is 0 Å². The zero-order valence-electron chi connectivity index (χ0n) is 15.2. The summed E-state index contributed by atoms with van der Waals surface area (Å²) in [5.41, 5.74) is 1.30. The molecule has 1 heterocycles. The SMILES string of the molecule is CC(C)c1cc(O)cc(C(C)C)c1O[C@@H]1OC(C(=O)O)[C@H](O)[C@H](O)[C@@H]1O. The molecule has 0 spiro atoms. The number of carboxylic acid groups (broad SMARTS) is 1. The number of benzene rings is 1. The van der Waals surface area contributed by atoms with Crippen molar-refractivity contribution >= 4 is 5.97 Å². The molecule has 2 rings (SSSR count). The molecule has 0 aliphatic carbocycles. The van der Waals surface area contributed by atoms with Gasteiger partial charge < -0.3 is 35.0 Å². The third-order valence-electron chi connectivity index (χ3n) is 4.42. The normalized spacial score (nSPS) is 29.2. The predicted molar refractivity (Wildman–Crippen MR) is 91.2 cm³/mol. The number of hydrogen-bond acceptors (Lipinski definition) is 7. The fraction of sp³-hybridized carbons (Fsp3) is 0.611. The first kappa shape index (κ1) is 20.4. The van der Waals surface area contributed by atoms with E-state index in [0.29, 0.717) is 16.9 Å². The molecule has 26 heavy (non-hydrogen) atoms. The minimum absolute atomic E-state index is 0.0406. The number of hydrogen-bond donors (Lipinski definition) is 5. The highest BCUT2D eigenvalue weighted by Crippen LogP contribution is 2.39. The van der Waals surface area contributed by atoms with Crippen molar-refractivity contribution in [3.05, 3.63) is 23.3 Å². The molecular weight excluding hydrogens is 344 g/mol. The Kier molecular flexibility index (Phi) is 6.13. The van der Waals surface area contributed by atoms with Gasteiger partial charge in [-0.15, -0.1) is 0 Å². The van der Waals surface area contributed by atoms with E-state index in [2.05, 4.69) is 0 Å². The lowest BCUT2D eigenvalue weighted by Crippen LogP contribution is -2.61. The Morgan fingerprint density at radius 1 is 1.00 bits per heavy atom. The minimum Gasteiger partial charge on any atom is -0.508 e. The molecular formula is C18H26O8. The highest BCUT2D eigenvalue weighted by Gasteiger charge is 2.48. The first-order chi connectivity index (χ1) is 12.0. The fourth-order valence-corrected chi connectivity index (χ4v) is 2.92. The van der Waals surface area contributed by atoms with E-state index in [1.165, 1.54) is 12.1 Å². The van der Waals surface area contributed by atoms with E-state index in [1.54, 1.807) is 0 Å². The third kappa shape index (κ3) is 3.93. The summed E-state index contributed by atoms with van der Waals surface area (Å²) in [5.74, 6) is -1.14. The summed E-state index contributed by atoms with van der Waals surface area (Å²) in [4.78, 5) is 11.2. The second-order valence-corrected chi connectivity index (χ2v) is 7.12. The number of carbonyl (C=O) groups is 1. The fourth-order valence-electron chi connectivity index (χ4n) is 2.92. The molecule has 146 valence electrons. The molecule has 5 atom stereocenters. The second kappa shape index (κ2) is 7.79. The highest BCUT2D eigenvalue weighted by atomic mass is 16.7. The summed E-state index contributed by atoms with van der Waals surface area (Å²) >= 11 is 0. The van der Waals surface area contributed by atoms with Crippen molar-refractivity contribution in [3.63, 3.8) is 0 Å². The lowest BCUT2D eigenvalue weighted by Gasteiger charge is -2.39. The van der Waals surface area contributed by atoms with Gasteiger partial charge in [0, 0.05) is 11.1 Å². The Balaban J connectivity index is 2.44. The van der Waals surface area contributed by atoms with E-state index in [-0.39, 0.29) is 17.6 Å². The van der Waals surface area contributed by atoms with Crippen LogP contribution in [0, 0.1) is 0 Å². The molecule has 8 heteroatoms. The number of carboxylic acids is 1. The van der Waals surface area contributed by atoms with Crippen LogP contribution in [-0.4, -0.2) is 62.2 Å². The number of aromatic hydroxyl groups is 1. The Bertz CT molecular complexity index is 628. The average molecular weight is 370 g/mol. The number of ether oxygens (including phenoxy) is 2. The molecule has 0 amide bonds. The van der Waals surface area contributed by atoms with E-state index in [1.807, 2.05) is 27.7 Å². The Morgan fingerprint density at radius 2 is 1.50 bits per heavy atom. The summed E-state index contributed by atoms with van der Waals surface area (Å²) < 4.78 is 11.0. The average Bonchev–Trinajstić information content (AvgIpc) is 2.55. The molecule has 0 aromatic heterocycles. The van der Waals surface area contributed by atoms with Crippen LogP contribution in [0.15, 0.2) is 12.1 Å². The van der Waals surface area contributed by atoms with Crippen LogP contribution in [0.5, 0.6) is 11.5 Å². The summed E-state index contributed by atoms with van der Waals surface area (Å²) in [6, 6.07) is 3.06. The maximum Gasteiger partial charge on any atom is 0.335 e. The number of aliphatic hydroxyl groups is 3. The molecule has 0 radical (unpaired) electrons. The molecule has 5 N–H and O–H groups in total. The van der Waals surface area contributed by atoms with Crippen molar-refractivity contribution < 1.29 is 39.8 Å². The molecule has 1 aliphatic rings. The van der Waals surface area contributed by atoms with Gasteiger partial charge in [0.2, 0.25) is 6.29 Å². The number of phenols is 1. The molecule has 0 bridgehead atoms. The van der Waals surface area contributed by atoms with Gasteiger partial charge in [-0.05, 0) is 24.0 Å². The van der Waals surface area contributed by atoms with Crippen molar-refractivity contribution in [2.75, 3.05) is 0 Å². The van der Waals surface area contributed by atoms with Crippen LogP contribution in [0.2, 0.25) is 0 Å². The molecule has 1 saturated heterocycles. The molecule has 1 fully saturated rings. The molecule has 1 aromatic rings. The summed E-state index contributed by atoms with van der Waals surface area (Å²) in [5, 5.41) is 49.0. The summed E-state index contributed by atoms with van der Waals surface area (Å²) in [6.45, 7) is 7.57. The van der Waals surface area contributed by atoms with Gasteiger partial charge >= 0.3 is 5.97 Å². The van der Waals surface area contributed by atoms with Crippen LogP contribution >= 0.6 is 0 Å². The van der Waals surface area contributed by atoms with Gasteiger partial charge in [0.15, 0.2) is 6.10 Å². The van der Waals surface area contributed by atoms with Gasteiger partial charge in [-0.3, -0.25) is 0 Å². The van der Waals surface area contributed by atoms with Gasteiger partial charge in [-0.25, -0.2) is 4.79 Å². The standard InChI is InChI=1S/C18H26O8/c1-7(2)10-5-9(19)6-11(8(3)4)15(10)25-18-14(22)12(20)13(21)16(26-18)17(23)24/h5-8,12-14,16,18-22H,1-4H3,(H,23,24)/t12-,13+,14-,16?,18+/m0/s1. The van der Waals surface area contributed by atoms with Crippen LogP contribution < -0.4 is 4.74 Å². The Labute approximate surface area is 151 Å². The van der Waals surface area contributed by atoms with Crippen molar-refractivity contribution in [2.24, 2.45) is 0 Å². The number of rotatable bonds is 5. The van der Waals surface area contributed by atoms with Gasteiger partial charge in [0.05, 0.1) is 0 Å². The zero-order chi connectivity index (χ0) is 19.8. The van der Waals surface area contributed by atoms with Crippen LogP contribution in [-0.2, 0) is 9.53 Å². The molecule has 1 aromatic carbocycles. The summed E-state index contributed by atoms with van der Waals surface area (Å²) in [7, 11) is 0. The highest BCUT2D eigenvalue weighted by molar-refractivity contribution is 5.73. The van der Waals surface area contributed by atoms with E-state index < -0.39 is 36.7 Å². The topological polar surface area (TPSA) is 137 Å². The first-order valence-electron chi connectivity index (χ1n) is 8.50. The zero-order valence-corrected chi connectivity index (χ0v) is 15.2.